The SMILES string of the molecule is C[C@H](OC(=O)CCc1c[nH]c2ccccc12)C(=O)N1CCc2ccccc2C1. The summed E-state index contributed by atoms with van der Waals surface area (Å²) in [6.45, 7) is 2.89. The Hall–Kier alpha value is -3.08. The molecule has 0 radical (unpaired) electrons. The van der Waals surface area contributed by atoms with E-state index in [0.717, 1.165) is 22.9 Å². The number of hydrogen-bond acceptors (Lipinski definition) is 3. The maximum atomic E-state index is 12.7. The number of rotatable bonds is 5. The molecular weight excluding hydrogens is 352 g/mol. The van der Waals surface area contributed by atoms with E-state index < -0.39 is 6.10 Å². The van der Waals surface area contributed by atoms with E-state index in [0.29, 0.717) is 19.5 Å². The van der Waals surface area contributed by atoms with Gasteiger partial charge in [-0.2, -0.15) is 0 Å². The van der Waals surface area contributed by atoms with Crippen molar-refractivity contribution in [1.29, 1.82) is 0 Å². The van der Waals surface area contributed by atoms with Crippen molar-refractivity contribution in [2.24, 2.45) is 0 Å². The maximum Gasteiger partial charge on any atom is 0.306 e. The van der Waals surface area contributed by atoms with E-state index in [1.807, 2.05) is 48.7 Å². The molecule has 0 bridgehead atoms. The number of ether oxygens (including phenoxy) is 1. The quantitative estimate of drug-likeness (QED) is 0.692. The van der Waals surface area contributed by atoms with Crippen molar-refractivity contribution in [2.75, 3.05) is 6.54 Å². The highest BCUT2D eigenvalue weighted by Gasteiger charge is 2.26. The number of nitrogens with zero attached hydrogens (tertiary/aromatic N) is 1. The summed E-state index contributed by atoms with van der Waals surface area (Å²) in [7, 11) is 0. The fourth-order valence-electron chi connectivity index (χ4n) is 3.82. The fraction of sp³-hybridized carbons (Fsp3) is 0.304. The van der Waals surface area contributed by atoms with E-state index in [1.54, 1.807) is 11.8 Å². The number of aromatic amines is 1. The smallest absolute Gasteiger partial charge is 0.306 e. The molecular formula is C23H24N2O3. The molecule has 2 aromatic carbocycles. The second-order valence-electron chi connectivity index (χ2n) is 7.27. The van der Waals surface area contributed by atoms with Gasteiger partial charge in [-0.05, 0) is 42.5 Å². The number of aryl methyl sites for hydroxylation is 1. The van der Waals surface area contributed by atoms with Gasteiger partial charge in [-0.25, -0.2) is 0 Å². The Labute approximate surface area is 164 Å². The first-order valence-corrected chi connectivity index (χ1v) is 9.72. The molecule has 0 spiro atoms. The van der Waals surface area contributed by atoms with Crippen LogP contribution >= 0.6 is 0 Å². The second-order valence-corrected chi connectivity index (χ2v) is 7.27. The molecule has 2 heterocycles. The molecule has 0 saturated carbocycles. The molecule has 0 unspecified atom stereocenters. The highest BCUT2D eigenvalue weighted by molar-refractivity contribution is 5.85. The van der Waals surface area contributed by atoms with Crippen LogP contribution in [0.2, 0.25) is 0 Å². The molecule has 1 aliphatic rings. The molecule has 5 heteroatoms. The predicted molar refractivity (Wildman–Crippen MR) is 108 cm³/mol. The summed E-state index contributed by atoms with van der Waals surface area (Å²) in [5.41, 5.74) is 4.59. The van der Waals surface area contributed by atoms with Crippen LogP contribution in [0.1, 0.15) is 30.0 Å². The predicted octanol–water partition coefficient (Wildman–Crippen LogP) is 3.62. The zero-order chi connectivity index (χ0) is 19.5. The van der Waals surface area contributed by atoms with Crippen molar-refractivity contribution in [1.82, 2.24) is 9.88 Å². The van der Waals surface area contributed by atoms with Gasteiger partial charge >= 0.3 is 5.97 Å². The zero-order valence-electron chi connectivity index (χ0n) is 16.0. The van der Waals surface area contributed by atoms with Crippen LogP contribution in [0.4, 0.5) is 0 Å². The Morgan fingerprint density at radius 3 is 2.71 bits per heavy atom. The Bertz CT molecular complexity index is 1010. The summed E-state index contributed by atoms with van der Waals surface area (Å²) < 4.78 is 5.42. The number of carbonyl (C=O) groups excluding carboxylic acids is 2. The molecule has 0 fully saturated rings. The third-order valence-corrected chi connectivity index (χ3v) is 5.37. The number of nitrogens with one attached hydrogen (secondary N) is 1. The van der Waals surface area contributed by atoms with Crippen molar-refractivity contribution < 1.29 is 14.3 Å². The van der Waals surface area contributed by atoms with E-state index in [4.69, 9.17) is 4.74 Å². The van der Waals surface area contributed by atoms with Gasteiger partial charge in [0.25, 0.3) is 5.91 Å². The van der Waals surface area contributed by atoms with Crippen LogP contribution in [0.15, 0.2) is 54.7 Å². The van der Waals surface area contributed by atoms with Gasteiger partial charge in [-0.3, -0.25) is 9.59 Å². The van der Waals surface area contributed by atoms with Crippen LogP contribution in [-0.4, -0.2) is 34.4 Å². The van der Waals surface area contributed by atoms with Crippen LogP contribution < -0.4 is 0 Å². The number of hydrogen-bond donors (Lipinski definition) is 1. The summed E-state index contributed by atoms with van der Waals surface area (Å²) in [6, 6.07) is 16.2. The minimum absolute atomic E-state index is 0.130. The summed E-state index contributed by atoms with van der Waals surface area (Å²) in [5, 5.41) is 1.12. The lowest BCUT2D eigenvalue weighted by Crippen LogP contribution is -2.42. The standard InChI is InChI=1S/C23H24N2O3/c1-16(23(27)25-13-12-17-6-2-3-7-19(17)15-25)28-22(26)11-10-18-14-24-21-9-5-4-8-20(18)21/h2-9,14,16,24H,10-13,15H2,1H3/t16-/m0/s1. The Morgan fingerprint density at radius 2 is 1.86 bits per heavy atom. The van der Waals surface area contributed by atoms with Gasteiger partial charge in [-0.15, -0.1) is 0 Å². The monoisotopic (exact) mass is 376 g/mol. The minimum Gasteiger partial charge on any atom is -0.453 e. The number of fused-ring (bicyclic) bond motifs is 2. The van der Waals surface area contributed by atoms with Gasteiger partial charge in [0.05, 0.1) is 0 Å². The van der Waals surface area contributed by atoms with Crippen LogP contribution in [0, 0.1) is 0 Å². The van der Waals surface area contributed by atoms with E-state index >= 15 is 0 Å². The summed E-state index contributed by atoms with van der Waals surface area (Å²) in [5.74, 6) is -0.474. The van der Waals surface area contributed by atoms with E-state index in [1.165, 1.54) is 11.1 Å². The number of aromatic nitrogens is 1. The zero-order valence-corrected chi connectivity index (χ0v) is 16.0. The average Bonchev–Trinajstić information content (AvgIpc) is 3.14. The third-order valence-electron chi connectivity index (χ3n) is 5.37. The van der Waals surface area contributed by atoms with Gasteiger partial charge in [0.15, 0.2) is 6.10 Å². The topological polar surface area (TPSA) is 62.4 Å². The second kappa shape index (κ2) is 7.89. The van der Waals surface area contributed by atoms with Crippen molar-refractivity contribution in [2.45, 2.75) is 38.8 Å². The first-order valence-electron chi connectivity index (χ1n) is 9.72. The normalized spacial score (nSPS) is 14.5. The molecule has 144 valence electrons. The highest BCUT2D eigenvalue weighted by Crippen LogP contribution is 2.21. The molecule has 0 saturated heterocycles. The number of benzene rings is 2. The van der Waals surface area contributed by atoms with Crippen LogP contribution in [-0.2, 0) is 33.7 Å². The Kier molecular flexibility index (Phi) is 5.15. The molecule has 5 nitrogen and oxygen atoms in total. The van der Waals surface area contributed by atoms with E-state index in [-0.39, 0.29) is 18.3 Å². The Balaban J connectivity index is 1.31. The Morgan fingerprint density at radius 1 is 1.11 bits per heavy atom. The number of carbonyl (C=O) groups is 2. The molecule has 1 amide bonds. The van der Waals surface area contributed by atoms with Gasteiger partial charge in [0.1, 0.15) is 0 Å². The summed E-state index contributed by atoms with van der Waals surface area (Å²) >= 11 is 0. The molecule has 1 N–H and O–H groups in total. The van der Waals surface area contributed by atoms with Gasteiger partial charge in [0.2, 0.25) is 0 Å². The number of para-hydroxylation sites is 1. The van der Waals surface area contributed by atoms with E-state index in [9.17, 15) is 9.59 Å². The van der Waals surface area contributed by atoms with Gasteiger partial charge in [-0.1, -0.05) is 42.5 Å². The molecule has 1 atom stereocenters. The van der Waals surface area contributed by atoms with Crippen LogP contribution in [0.3, 0.4) is 0 Å². The lowest BCUT2D eigenvalue weighted by molar-refractivity contribution is -0.159. The lowest BCUT2D eigenvalue weighted by atomic mass is 9.99. The van der Waals surface area contributed by atoms with Crippen molar-refractivity contribution in [3.63, 3.8) is 0 Å². The van der Waals surface area contributed by atoms with Gasteiger partial charge in [0, 0.05) is 36.6 Å². The van der Waals surface area contributed by atoms with Crippen molar-refractivity contribution in [3.05, 3.63) is 71.4 Å². The van der Waals surface area contributed by atoms with E-state index in [2.05, 4.69) is 11.1 Å². The largest absolute Gasteiger partial charge is 0.453 e. The number of H-pyrrole nitrogens is 1. The maximum absolute atomic E-state index is 12.7. The summed E-state index contributed by atoms with van der Waals surface area (Å²) in [6.07, 6.45) is 2.84. The first-order chi connectivity index (χ1) is 13.6. The molecule has 0 aliphatic carbocycles. The van der Waals surface area contributed by atoms with Crippen LogP contribution in [0.5, 0.6) is 0 Å². The number of esters is 1. The molecule has 3 aromatic rings. The fourth-order valence-corrected chi connectivity index (χ4v) is 3.82. The lowest BCUT2D eigenvalue weighted by Gasteiger charge is -2.30. The molecule has 28 heavy (non-hydrogen) atoms. The van der Waals surface area contributed by atoms with Gasteiger partial charge < -0.3 is 14.6 Å². The molecule has 1 aliphatic heterocycles. The highest BCUT2D eigenvalue weighted by atomic mass is 16.5. The van der Waals surface area contributed by atoms with Crippen LogP contribution in [0.25, 0.3) is 10.9 Å². The molecule has 1 aromatic heterocycles. The third kappa shape index (κ3) is 3.79. The van der Waals surface area contributed by atoms with Crippen molar-refractivity contribution >= 4 is 22.8 Å². The minimum atomic E-state index is -0.763. The number of amides is 1. The summed E-state index contributed by atoms with van der Waals surface area (Å²) in [4.78, 5) is 29.9. The first kappa shape index (κ1) is 18.3. The molecule has 4 rings (SSSR count). The van der Waals surface area contributed by atoms with Crippen molar-refractivity contribution in [3.8, 4) is 0 Å². The average molecular weight is 376 g/mol.